The molecule has 1 saturated heterocycles. The van der Waals surface area contributed by atoms with Gasteiger partial charge >= 0.3 is 5.97 Å². The molecule has 1 unspecified atom stereocenters. The maximum Gasteiger partial charge on any atom is 0.334 e. The molecule has 0 amide bonds. The molecule has 0 bridgehead atoms. The molecule has 9 atom stereocenters. The fraction of sp³-hybridized carbons (Fsp3) is 0.688. The lowest BCUT2D eigenvalue weighted by Crippen LogP contribution is -2.60. The van der Waals surface area contributed by atoms with Crippen molar-refractivity contribution < 1.29 is 62.6 Å². The lowest BCUT2D eigenvalue weighted by Gasteiger charge is -2.43. The van der Waals surface area contributed by atoms with E-state index < -0.39 is 89.0 Å². The van der Waals surface area contributed by atoms with Gasteiger partial charge in [0, 0.05) is 11.8 Å². The second-order valence-electron chi connectivity index (χ2n) is 6.84. The normalized spacial score (nSPS) is 38.3. The average Bonchev–Trinajstić information content (AvgIpc) is 2.67. The minimum atomic E-state index is -4.89. The van der Waals surface area contributed by atoms with Gasteiger partial charge in [-0.3, -0.25) is 4.55 Å². The fourth-order valence-corrected chi connectivity index (χ4v) is 3.71. The highest BCUT2D eigenvalue weighted by Crippen LogP contribution is 2.37. The number of hydrogen-bond acceptors (Lipinski definition) is 11. The highest BCUT2D eigenvalue weighted by Gasteiger charge is 2.48. The summed E-state index contributed by atoms with van der Waals surface area (Å²) in [5.41, 5.74) is -2.74. The molecular weight excluding hydrogens is 432 g/mol. The van der Waals surface area contributed by atoms with E-state index in [9.17, 15) is 43.9 Å². The van der Waals surface area contributed by atoms with E-state index in [-0.39, 0.29) is 0 Å². The minimum absolute atomic E-state index is 0.434. The number of rotatable bonds is 8. The van der Waals surface area contributed by atoms with E-state index >= 15 is 0 Å². The van der Waals surface area contributed by atoms with Crippen LogP contribution in [-0.2, 0) is 29.1 Å². The molecule has 2 aliphatic rings. The Balaban J connectivity index is 2.28. The van der Waals surface area contributed by atoms with Gasteiger partial charge in [0.1, 0.15) is 24.4 Å². The standard InChI is InChI=1S/C16H24O13S/c1-2-6-7(3-10(18)30(24,25)26)8(14(22)23)5-27-15(6)29-16-13(21)12(20)11(19)9(4-17)28-16/h2,5-7,9-13,15-21H,1,3-4H2,(H,22,23)(H,24,25,26)/t6-,7+,9-,10?,11-,12+,13-,15+,16+/m1/s1. The minimum Gasteiger partial charge on any atom is -0.478 e. The third-order valence-corrected chi connectivity index (χ3v) is 5.82. The van der Waals surface area contributed by atoms with Crippen LogP contribution in [-0.4, -0.2) is 98.6 Å². The largest absolute Gasteiger partial charge is 0.478 e. The van der Waals surface area contributed by atoms with Crippen LogP contribution in [0.1, 0.15) is 6.42 Å². The van der Waals surface area contributed by atoms with E-state index in [1.165, 1.54) is 0 Å². The van der Waals surface area contributed by atoms with Crippen molar-refractivity contribution in [2.24, 2.45) is 11.8 Å². The average molecular weight is 456 g/mol. The van der Waals surface area contributed by atoms with Crippen molar-refractivity contribution in [3.8, 4) is 0 Å². The summed E-state index contributed by atoms with van der Waals surface area (Å²) >= 11 is 0. The summed E-state index contributed by atoms with van der Waals surface area (Å²) < 4.78 is 47.2. The van der Waals surface area contributed by atoms with Crippen LogP contribution in [0.5, 0.6) is 0 Å². The number of aliphatic hydroxyl groups is 5. The maximum absolute atomic E-state index is 11.5. The van der Waals surface area contributed by atoms with Crippen LogP contribution in [0.2, 0.25) is 0 Å². The Labute approximate surface area is 171 Å². The first kappa shape index (κ1) is 24.6. The van der Waals surface area contributed by atoms with Crippen molar-refractivity contribution in [2.45, 2.75) is 48.9 Å². The van der Waals surface area contributed by atoms with E-state index in [1.54, 1.807) is 0 Å². The zero-order chi connectivity index (χ0) is 22.8. The third-order valence-electron chi connectivity index (χ3n) is 4.94. The zero-order valence-electron chi connectivity index (χ0n) is 15.5. The number of carbonyl (C=O) groups is 1. The number of aliphatic hydroxyl groups excluding tert-OH is 5. The van der Waals surface area contributed by atoms with Crippen LogP contribution >= 0.6 is 0 Å². The van der Waals surface area contributed by atoms with E-state index in [4.69, 9.17) is 18.8 Å². The van der Waals surface area contributed by atoms with Crippen molar-refractivity contribution in [1.29, 1.82) is 0 Å². The molecule has 13 nitrogen and oxygen atoms in total. The highest BCUT2D eigenvalue weighted by atomic mass is 32.2. The number of carboxylic acids is 1. The van der Waals surface area contributed by atoms with Gasteiger partial charge in [0.15, 0.2) is 11.7 Å². The van der Waals surface area contributed by atoms with Gasteiger partial charge in [-0.2, -0.15) is 8.42 Å². The van der Waals surface area contributed by atoms with Crippen LogP contribution < -0.4 is 0 Å². The van der Waals surface area contributed by atoms with Gasteiger partial charge in [0.05, 0.1) is 18.4 Å². The number of carboxylic acid groups (broad SMARTS) is 1. The van der Waals surface area contributed by atoms with Crippen molar-refractivity contribution >= 4 is 16.1 Å². The summed E-state index contributed by atoms with van der Waals surface area (Å²) in [7, 11) is -4.89. The molecule has 2 rings (SSSR count). The molecule has 0 saturated carbocycles. The van der Waals surface area contributed by atoms with E-state index in [1.807, 2.05) is 0 Å². The SMILES string of the molecule is C=C[C@H]1[C@H](O[C@@H]2O[C@H](CO)[C@@H](O)[C@H](O)[C@H]2O)OC=C(C(=O)O)[C@H]1CC(O)S(=O)(=O)O. The smallest absolute Gasteiger partial charge is 0.334 e. The number of hydrogen-bond donors (Lipinski definition) is 7. The van der Waals surface area contributed by atoms with Crippen molar-refractivity contribution in [3.05, 3.63) is 24.5 Å². The topological polar surface area (TPSA) is 221 Å². The summed E-state index contributed by atoms with van der Waals surface area (Å²) in [6, 6.07) is 0. The molecule has 14 heteroatoms. The van der Waals surface area contributed by atoms with Crippen molar-refractivity contribution in [1.82, 2.24) is 0 Å². The fourth-order valence-electron chi connectivity index (χ4n) is 3.26. The molecule has 0 aromatic heterocycles. The molecule has 30 heavy (non-hydrogen) atoms. The monoisotopic (exact) mass is 456 g/mol. The van der Waals surface area contributed by atoms with Gasteiger partial charge in [-0.25, -0.2) is 4.79 Å². The molecule has 0 aliphatic carbocycles. The molecule has 0 spiro atoms. The van der Waals surface area contributed by atoms with Gasteiger partial charge in [-0.15, -0.1) is 6.58 Å². The molecule has 0 aromatic carbocycles. The first-order chi connectivity index (χ1) is 13.9. The van der Waals surface area contributed by atoms with Crippen LogP contribution in [0.4, 0.5) is 0 Å². The third kappa shape index (κ3) is 5.16. The predicted molar refractivity (Wildman–Crippen MR) is 94.8 cm³/mol. The first-order valence-electron chi connectivity index (χ1n) is 8.74. The second-order valence-corrected chi connectivity index (χ2v) is 8.42. The lowest BCUT2D eigenvalue weighted by molar-refractivity contribution is -0.339. The molecule has 0 aromatic rings. The Morgan fingerprint density at radius 2 is 1.87 bits per heavy atom. The molecule has 7 N–H and O–H groups in total. The number of aliphatic carboxylic acids is 1. The molecule has 1 fully saturated rings. The van der Waals surface area contributed by atoms with Gasteiger partial charge in [0.25, 0.3) is 10.1 Å². The van der Waals surface area contributed by atoms with Gasteiger partial charge in [0.2, 0.25) is 6.29 Å². The van der Waals surface area contributed by atoms with Crippen LogP contribution in [0.3, 0.4) is 0 Å². The molecule has 2 aliphatic heterocycles. The highest BCUT2D eigenvalue weighted by molar-refractivity contribution is 7.86. The van der Waals surface area contributed by atoms with Gasteiger partial charge in [-0.05, 0) is 6.42 Å². The predicted octanol–water partition coefficient (Wildman–Crippen LogP) is -2.86. The summed E-state index contributed by atoms with van der Waals surface area (Å²) in [4.78, 5) is 11.5. The molecule has 0 radical (unpaired) electrons. The Hall–Kier alpha value is -1.62. The van der Waals surface area contributed by atoms with Gasteiger partial charge in [-0.1, -0.05) is 6.08 Å². The van der Waals surface area contributed by atoms with Crippen LogP contribution in [0, 0.1) is 11.8 Å². The summed E-state index contributed by atoms with van der Waals surface area (Å²) in [5, 5.41) is 58.0. The summed E-state index contributed by atoms with van der Waals surface area (Å²) in [6.45, 7) is 2.80. The Morgan fingerprint density at radius 3 is 2.37 bits per heavy atom. The lowest BCUT2D eigenvalue weighted by atomic mass is 9.82. The summed E-state index contributed by atoms with van der Waals surface area (Å²) in [6.07, 6.45) is -8.32. The van der Waals surface area contributed by atoms with E-state index in [0.717, 1.165) is 12.3 Å². The van der Waals surface area contributed by atoms with Crippen LogP contribution in [0.25, 0.3) is 0 Å². The Bertz CT molecular complexity index is 763. The Morgan fingerprint density at radius 1 is 1.23 bits per heavy atom. The first-order valence-corrected chi connectivity index (χ1v) is 10.2. The molecule has 172 valence electrons. The molecular formula is C16H24O13S. The van der Waals surface area contributed by atoms with Gasteiger partial charge < -0.3 is 44.8 Å². The zero-order valence-corrected chi connectivity index (χ0v) is 16.3. The van der Waals surface area contributed by atoms with E-state index in [0.29, 0.717) is 0 Å². The summed E-state index contributed by atoms with van der Waals surface area (Å²) in [5.74, 6) is -3.84. The Kier molecular flexibility index (Phi) is 7.95. The maximum atomic E-state index is 11.5. The van der Waals surface area contributed by atoms with Crippen molar-refractivity contribution in [2.75, 3.05) is 6.61 Å². The quantitative estimate of drug-likeness (QED) is 0.144. The van der Waals surface area contributed by atoms with Crippen molar-refractivity contribution in [3.63, 3.8) is 0 Å². The van der Waals surface area contributed by atoms with Crippen LogP contribution in [0.15, 0.2) is 24.5 Å². The number of ether oxygens (including phenoxy) is 3. The second kappa shape index (κ2) is 9.67. The molecule has 2 heterocycles. The van der Waals surface area contributed by atoms with E-state index in [2.05, 4.69) is 6.58 Å².